The zero-order valence-electron chi connectivity index (χ0n) is 15.6. The Labute approximate surface area is 136 Å². The first kappa shape index (κ1) is 21.0. The Morgan fingerprint density at radius 2 is 0.905 bits per heavy atom. The largest absolute Gasteiger partial charge is 0.0654 e. The predicted molar refractivity (Wildman–Crippen MR) is 98.6 cm³/mol. The van der Waals surface area contributed by atoms with Crippen molar-refractivity contribution in [2.24, 2.45) is 11.8 Å². The number of rotatable bonds is 16. The van der Waals surface area contributed by atoms with E-state index >= 15 is 0 Å². The van der Waals surface area contributed by atoms with Crippen LogP contribution in [0.15, 0.2) is 0 Å². The van der Waals surface area contributed by atoms with Crippen molar-refractivity contribution in [2.45, 2.75) is 118 Å². The van der Waals surface area contributed by atoms with Gasteiger partial charge < -0.3 is 0 Å². The van der Waals surface area contributed by atoms with Crippen molar-refractivity contribution in [1.29, 1.82) is 0 Å². The summed E-state index contributed by atoms with van der Waals surface area (Å²) < 4.78 is 0. The van der Waals surface area contributed by atoms with Crippen molar-refractivity contribution in [3.8, 4) is 0 Å². The lowest BCUT2D eigenvalue weighted by atomic mass is 9.84. The third kappa shape index (κ3) is 13.4. The maximum atomic E-state index is 2.72. The van der Waals surface area contributed by atoms with Gasteiger partial charge in [-0.05, 0) is 18.3 Å². The van der Waals surface area contributed by atoms with Crippen molar-refractivity contribution >= 4 is 0 Å². The molecular weight excluding hydrogens is 252 g/mol. The number of hydrogen-bond donors (Lipinski definition) is 0. The average molecular weight is 296 g/mol. The van der Waals surface area contributed by atoms with Crippen LogP contribution in [0.2, 0.25) is 0 Å². The van der Waals surface area contributed by atoms with Crippen LogP contribution in [0.3, 0.4) is 0 Å². The van der Waals surface area contributed by atoms with Gasteiger partial charge in [0.1, 0.15) is 0 Å². The van der Waals surface area contributed by atoms with Crippen molar-refractivity contribution in [3.05, 3.63) is 6.42 Å². The summed E-state index contributed by atoms with van der Waals surface area (Å²) >= 11 is 0. The van der Waals surface area contributed by atoms with Gasteiger partial charge >= 0.3 is 0 Å². The molecule has 2 atom stereocenters. The highest BCUT2D eigenvalue weighted by molar-refractivity contribution is 4.82. The van der Waals surface area contributed by atoms with E-state index in [0.717, 1.165) is 11.8 Å². The summed E-state index contributed by atoms with van der Waals surface area (Å²) in [6.45, 7) is 9.35. The zero-order valence-corrected chi connectivity index (χ0v) is 15.6. The minimum Gasteiger partial charge on any atom is -0.0654 e. The van der Waals surface area contributed by atoms with E-state index in [-0.39, 0.29) is 0 Å². The summed E-state index contributed by atoms with van der Waals surface area (Å²) in [5.41, 5.74) is 0. The standard InChI is InChI=1S/C21H43/c1-5-9-11-13-15-17-20(7-3)19-21(8-4)18-16-14-12-10-6-2/h19-21H,5-18H2,1-4H3. The molecule has 2 unspecified atom stereocenters. The highest BCUT2D eigenvalue weighted by atomic mass is 14.2. The van der Waals surface area contributed by atoms with Gasteiger partial charge in [-0.3, -0.25) is 0 Å². The molecule has 1 radical (unpaired) electrons. The Morgan fingerprint density at radius 3 is 1.24 bits per heavy atom. The van der Waals surface area contributed by atoms with Gasteiger partial charge in [-0.15, -0.1) is 0 Å². The molecule has 0 aliphatic carbocycles. The molecule has 127 valence electrons. The second-order valence-electron chi connectivity index (χ2n) is 6.93. The zero-order chi connectivity index (χ0) is 15.8. The highest BCUT2D eigenvalue weighted by Gasteiger charge is 2.14. The normalized spacial score (nSPS) is 14.3. The van der Waals surface area contributed by atoms with Gasteiger partial charge in [-0.25, -0.2) is 0 Å². The van der Waals surface area contributed by atoms with Crippen LogP contribution in [0.1, 0.15) is 118 Å². The lowest BCUT2D eigenvalue weighted by molar-refractivity contribution is 0.398. The summed E-state index contributed by atoms with van der Waals surface area (Å²) in [6.07, 6.45) is 22.5. The van der Waals surface area contributed by atoms with Gasteiger partial charge in [-0.2, -0.15) is 0 Å². The van der Waals surface area contributed by atoms with Crippen molar-refractivity contribution in [1.82, 2.24) is 0 Å². The van der Waals surface area contributed by atoms with Crippen molar-refractivity contribution < 1.29 is 0 Å². The van der Waals surface area contributed by atoms with Crippen molar-refractivity contribution in [2.75, 3.05) is 0 Å². The summed E-state index contributed by atoms with van der Waals surface area (Å²) in [7, 11) is 0. The molecule has 0 aromatic heterocycles. The molecule has 0 aliphatic rings. The maximum absolute atomic E-state index is 2.72. The van der Waals surface area contributed by atoms with Gasteiger partial charge in [0.25, 0.3) is 0 Å². The molecule has 0 saturated carbocycles. The fraction of sp³-hybridized carbons (Fsp3) is 0.952. The fourth-order valence-corrected chi connectivity index (χ4v) is 3.28. The van der Waals surface area contributed by atoms with Gasteiger partial charge in [0.2, 0.25) is 0 Å². The Kier molecular flexibility index (Phi) is 16.4. The highest BCUT2D eigenvalue weighted by Crippen LogP contribution is 2.26. The Bertz CT molecular complexity index is 164. The Morgan fingerprint density at radius 1 is 0.524 bits per heavy atom. The predicted octanol–water partition coefficient (Wildman–Crippen LogP) is 7.96. The quantitative estimate of drug-likeness (QED) is 0.253. The molecule has 0 heterocycles. The molecule has 0 rings (SSSR count). The lowest BCUT2D eigenvalue weighted by Crippen LogP contribution is -2.09. The van der Waals surface area contributed by atoms with E-state index in [4.69, 9.17) is 0 Å². The summed E-state index contributed by atoms with van der Waals surface area (Å²) in [4.78, 5) is 0. The molecule has 0 N–H and O–H groups in total. The van der Waals surface area contributed by atoms with Crippen LogP contribution >= 0.6 is 0 Å². The average Bonchev–Trinajstić information content (AvgIpc) is 2.51. The smallest absolute Gasteiger partial charge is 0.0324 e. The molecule has 0 fully saturated rings. The molecule has 0 amide bonds. The van der Waals surface area contributed by atoms with E-state index in [1.54, 1.807) is 0 Å². The molecule has 0 aliphatic heterocycles. The monoisotopic (exact) mass is 295 g/mol. The van der Waals surface area contributed by atoms with E-state index in [1.807, 2.05) is 0 Å². The third-order valence-corrected chi connectivity index (χ3v) is 4.95. The second kappa shape index (κ2) is 16.4. The van der Waals surface area contributed by atoms with Crippen LogP contribution in [0, 0.1) is 18.3 Å². The van der Waals surface area contributed by atoms with Crippen LogP contribution in [0.5, 0.6) is 0 Å². The third-order valence-electron chi connectivity index (χ3n) is 4.95. The number of hydrogen-bond acceptors (Lipinski definition) is 0. The van der Waals surface area contributed by atoms with E-state index in [9.17, 15) is 0 Å². The molecular formula is C21H43. The van der Waals surface area contributed by atoms with E-state index in [2.05, 4.69) is 34.1 Å². The summed E-state index contributed by atoms with van der Waals surface area (Å²) in [5, 5.41) is 0. The first-order valence-corrected chi connectivity index (χ1v) is 10.1. The first-order valence-electron chi connectivity index (χ1n) is 10.1. The minimum absolute atomic E-state index is 0.882. The maximum Gasteiger partial charge on any atom is -0.0324 e. The lowest BCUT2D eigenvalue weighted by Gasteiger charge is -2.21. The van der Waals surface area contributed by atoms with E-state index in [0.29, 0.717) is 0 Å². The SMILES string of the molecule is CCCCCCCC([CH]C(CC)CCCCCCC)CC. The molecule has 0 nitrogen and oxygen atoms in total. The molecule has 0 bridgehead atoms. The van der Waals surface area contributed by atoms with Crippen LogP contribution in [-0.2, 0) is 0 Å². The fourth-order valence-electron chi connectivity index (χ4n) is 3.28. The van der Waals surface area contributed by atoms with Crippen molar-refractivity contribution in [3.63, 3.8) is 0 Å². The first-order chi connectivity index (χ1) is 10.3. The van der Waals surface area contributed by atoms with E-state index in [1.165, 1.54) is 89.9 Å². The van der Waals surface area contributed by atoms with E-state index < -0.39 is 0 Å². The van der Waals surface area contributed by atoms with Gasteiger partial charge in [0.15, 0.2) is 0 Å². The molecule has 0 spiro atoms. The molecule has 0 saturated heterocycles. The summed E-state index contributed by atoms with van der Waals surface area (Å²) in [6, 6.07) is 0. The van der Waals surface area contributed by atoms with Crippen LogP contribution in [0.4, 0.5) is 0 Å². The van der Waals surface area contributed by atoms with Gasteiger partial charge in [-0.1, -0.05) is 118 Å². The summed E-state index contributed by atoms with van der Waals surface area (Å²) in [5.74, 6) is 1.76. The topological polar surface area (TPSA) is 0 Å². The second-order valence-corrected chi connectivity index (χ2v) is 6.93. The molecule has 0 aromatic carbocycles. The number of unbranched alkanes of at least 4 members (excludes halogenated alkanes) is 8. The minimum atomic E-state index is 0.882. The van der Waals surface area contributed by atoms with Crippen LogP contribution < -0.4 is 0 Å². The molecule has 0 heteroatoms. The molecule has 21 heavy (non-hydrogen) atoms. The Balaban J connectivity index is 3.73. The van der Waals surface area contributed by atoms with Crippen LogP contribution in [-0.4, -0.2) is 0 Å². The van der Waals surface area contributed by atoms with Gasteiger partial charge in [0.05, 0.1) is 0 Å². The molecule has 0 aromatic rings. The van der Waals surface area contributed by atoms with Crippen LogP contribution in [0.25, 0.3) is 0 Å². The Hall–Kier alpha value is 0. The van der Waals surface area contributed by atoms with Gasteiger partial charge in [0, 0.05) is 0 Å².